The molecule has 204 valence electrons. The highest BCUT2D eigenvalue weighted by Gasteiger charge is 2.30. The average Bonchev–Trinajstić information content (AvgIpc) is 2.81. The van der Waals surface area contributed by atoms with Crippen LogP contribution in [0.4, 0.5) is 29.3 Å². The molecule has 0 saturated heterocycles. The van der Waals surface area contributed by atoms with Crippen LogP contribution in [-0.2, 0) is 15.7 Å². The fraction of sp³-hybridized carbons (Fsp3) is 0.423. The van der Waals surface area contributed by atoms with Crippen LogP contribution in [0.25, 0.3) is 0 Å². The predicted molar refractivity (Wildman–Crippen MR) is 136 cm³/mol. The Bertz CT molecular complexity index is 1050. The SMILES string of the molecule is CC.CC(C)N(CC(=O)NNC(=O)c1ccccc1Nc1ccc(C(F)(F)F)cc1)C(=O)OC(C)(C)C. The molecule has 2 aromatic carbocycles. The van der Waals surface area contributed by atoms with Crippen molar-refractivity contribution in [1.82, 2.24) is 15.8 Å². The average molecular weight is 525 g/mol. The molecule has 0 spiro atoms. The van der Waals surface area contributed by atoms with Gasteiger partial charge in [-0.2, -0.15) is 13.2 Å². The van der Waals surface area contributed by atoms with Crippen LogP contribution in [0.1, 0.15) is 64.4 Å². The molecule has 0 saturated carbocycles. The molecule has 2 rings (SSSR count). The van der Waals surface area contributed by atoms with Crippen molar-refractivity contribution in [2.75, 3.05) is 11.9 Å². The summed E-state index contributed by atoms with van der Waals surface area (Å²) in [5.41, 5.74) is 3.80. The molecule has 0 bridgehead atoms. The van der Waals surface area contributed by atoms with Gasteiger partial charge < -0.3 is 10.1 Å². The zero-order valence-electron chi connectivity index (χ0n) is 22.1. The molecule has 3 N–H and O–H groups in total. The Kier molecular flexibility index (Phi) is 11.4. The number of amides is 3. The minimum absolute atomic E-state index is 0.139. The Hall–Kier alpha value is -3.76. The second kappa shape index (κ2) is 13.5. The number of hydrogen-bond acceptors (Lipinski definition) is 5. The number of ether oxygens (including phenoxy) is 1. The van der Waals surface area contributed by atoms with Gasteiger partial charge in [0, 0.05) is 11.7 Å². The van der Waals surface area contributed by atoms with Crippen molar-refractivity contribution in [2.24, 2.45) is 0 Å². The van der Waals surface area contributed by atoms with E-state index in [4.69, 9.17) is 4.74 Å². The fourth-order valence-electron chi connectivity index (χ4n) is 2.85. The number of nitrogens with one attached hydrogen (secondary N) is 3. The molecule has 8 nitrogen and oxygen atoms in total. The third kappa shape index (κ3) is 10.4. The number of hydrogen-bond donors (Lipinski definition) is 3. The summed E-state index contributed by atoms with van der Waals surface area (Å²) in [7, 11) is 0. The highest BCUT2D eigenvalue weighted by Crippen LogP contribution is 2.30. The van der Waals surface area contributed by atoms with E-state index >= 15 is 0 Å². The van der Waals surface area contributed by atoms with Crippen LogP contribution in [0.2, 0.25) is 0 Å². The monoisotopic (exact) mass is 524 g/mol. The van der Waals surface area contributed by atoms with Gasteiger partial charge in [-0.1, -0.05) is 26.0 Å². The first-order chi connectivity index (χ1) is 17.2. The number of nitrogens with zero attached hydrogens (tertiary/aromatic N) is 1. The lowest BCUT2D eigenvalue weighted by Crippen LogP contribution is -2.50. The van der Waals surface area contributed by atoms with Crippen molar-refractivity contribution in [1.29, 1.82) is 0 Å². The van der Waals surface area contributed by atoms with Crippen molar-refractivity contribution in [3.63, 3.8) is 0 Å². The number of carbonyl (C=O) groups is 3. The van der Waals surface area contributed by atoms with Crippen LogP contribution in [0.3, 0.4) is 0 Å². The second-order valence-electron chi connectivity index (χ2n) is 8.95. The third-order valence-corrected chi connectivity index (χ3v) is 4.54. The van der Waals surface area contributed by atoms with Gasteiger partial charge in [0.05, 0.1) is 16.8 Å². The first kappa shape index (κ1) is 31.3. The number of halogens is 3. The smallest absolute Gasteiger partial charge is 0.416 e. The Balaban J connectivity index is 0.00000334. The topological polar surface area (TPSA) is 99.8 Å². The summed E-state index contributed by atoms with van der Waals surface area (Å²) in [6.07, 6.45) is -5.12. The molecule has 37 heavy (non-hydrogen) atoms. The maximum atomic E-state index is 12.8. The second-order valence-corrected chi connectivity index (χ2v) is 8.95. The highest BCUT2D eigenvalue weighted by molar-refractivity contribution is 6.01. The molecule has 0 aromatic heterocycles. The van der Waals surface area contributed by atoms with E-state index in [1.165, 1.54) is 23.1 Å². The van der Waals surface area contributed by atoms with E-state index in [-0.39, 0.29) is 18.2 Å². The minimum atomic E-state index is -4.46. The van der Waals surface area contributed by atoms with E-state index in [2.05, 4.69) is 16.2 Å². The summed E-state index contributed by atoms with van der Waals surface area (Å²) in [6, 6.07) is 10.3. The Morgan fingerprint density at radius 3 is 2.00 bits per heavy atom. The number of anilines is 2. The summed E-state index contributed by atoms with van der Waals surface area (Å²) in [5.74, 6) is -1.31. The van der Waals surface area contributed by atoms with E-state index in [9.17, 15) is 27.6 Å². The number of carbonyl (C=O) groups excluding carboxylic acids is 3. The third-order valence-electron chi connectivity index (χ3n) is 4.54. The van der Waals surface area contributed by atoms with Gasteiger partial charge in [-0.15, -0.1) is 0 Å². The molecule has 0 atom stereocenters. The largest absolute Gasteiger partial charge is 0.444 e. The van der Waals surface area contributed by atoms with E-state index in [1.54, 1.807) is 52.8 Å². The highest BCUT2D eigenvalue weighted by atomic mass is 19.4. The zero-order valence-corrected chi connectivity index (χ0v) is 22.1. The molecular weight excluding hydrogens is 489 g/mol. The van der Waals surface area contributed by atoms with Crippen molar-refractivity contribution < 1.29 is 32.3 Å². The van der Waals surface area contributed by atoms with Gasteiger partial charge in [0.1, 0.15) is 12.1 Å². The standard InChI is InChI=1S/C24H29F3N4O4.C2H6/c1-15(2)31(22(34)35-23(3,4)5)14-20(32)29-30-21(33)18-8-6-7-9-19(18)28-17-12-10-16(11-13-17)24(25,26)27;1-2/h6-13,15,28H,14H2,1-5H3,(H,29,32)(H,30,33);1-2H3. The Morgan fingerprint density at radius 1 is 0.919 bits per heavy atom. The molecule has 0 heterocycles. The maximum Gasteiger partial charge on any atom is 0.416 e. The summed E-state index contributed by atoms with van der Waals surface area (Å²) in [6.45, 7) is 12.2. The Labute approximate surface area is 215 Å². The summed E-state index contributed by atoms with van der Waals surface area (Å²) in [4.78, 5) is 38.6. The molecule has 3 amide bonds. The predicted octanol–water partition coefficient (Wildman–Crippen LogP) is 5.88. The summed E-state index contributed by atoms with van der Waals surface area (Å²) >= 11 is 0. The van der Waals surface area contributed by atoms with Crippen molar-refractivity contribution >= 4 is 29.3 Å². The number of benzene rings is 2. The summed E-state index contributed by atoms with van der Waals surface area (Å²) in [5, 5.41) is 2.89. The van der Waals surface area contributed by atoms with Gasteiger partial charge in [-0.3, -0.25) is 25.3 Å². The molecule has 0 unspecified atom stereocenters. The van der Waals surface area contributed by atoms with Crippen molar-refractivity contribution in [3.8, 4) is 0 Å². The van der Waals surface area contributed by atoms with E-state index in [0.29, 0.717) is 11.4 Å². The van der Waals surface area contributed by atoms with Gasteiger partial charge in [0.2, 0.25) is 0 Å². The molecule has 0 aliphatic heterocycles. The van der Waals surface area contributed by atoms with Gasteiger partial charge in [-0.05, 0) is 71.0 Å². The first-order valence-corrected chi connectivity index (χ1v) is 11.8. The number of para-hydroxylation sites is 1. The summed E-state index contributed by atoms with van der Waals surface area (Å²) < 4.78 is 43.6. The lowest BCUT2D eigenvalue weighted by Gasteiger charge is -2.29. The number of rotatable bonds is 6. The number of hydrazine groups is 1. The van der Waals surface area contributed by atoms with Crippen LogP contribution in [0.15, 0.2) is 48.5 Å². The van der Waals surface area contributed by atoms with Crippen LogP contribution >= 0.6 is 0 Å². The molecule has 0 radical (unpaired) electrons. The van der Waals surface area contributed by atoms with E-state index in [0.717, 1.165) is 12.1 Å². The normalized spacial score (nSPS) is 11.1. The van der Waals surface area contributed by atoms with Crippen LogP contribution in [0.5, 0.6) is 0 Å². The lowest BCUT2D eigenvalue weighted by atomic mass is 10.1. The lowest BCUT2D eigenvalue weighted by molar-refractivity contribution is -0.137. The van der Waals surface area contributed by atoms with Crippen LogP contribution in [0, 0.1) is 0 Å². The molecule has 2 aromatic rings. The van der Waals surface area contributed by atoms with Gasteiger partial charge >= 0.3 is 12.3 Å². The van der Waals surface area contributed by atoms with Crippen LogP contribution in [-0.4, -0.2) is 41.0 Å². The van der Waals surface area contributed by atoms with E-state index < -0.39 is 35.2 Å². The Morgan fingerprint density at radius 2 is 1.49 bits per heavy atom. The van der Waals surface area contributed by atoms with E-state index in [1.807, 2.05) is 13.8 Å². The molecule has 11 heteroatoms. The molecular formula is C26H35F3N4O4. The van der Waals surface area contributed by atoms with Crippen molar-refractivity contribution in [2.45, 2.75) is 66.3 Å². The fourth-order valence-corrected chi connectivity index (χ4v) is 2.85. The van der Waals surface area contributed by atoms with Gasteiger partial charge in [-0.25, -0.2) is 4.79 Å². The zero-order chi connectivity index (χ0) is 28.4. The first-order valence-electron chi connectivity index (χ1n) is 11.8. The van der Waals surface area contributed by atoms with Crippen molar-refractivity contribution in [3.05, 3.63) is 59.7 Å². The molecule has 0 aliphatic rings. The maximum absolute atomic E-state index is 12.8. The number of alkyl halides is 3. The molecule has 0 fully saturated rings. The minimum Gasteiger partial charge on any atom is -0.444 e. The molecule has 0 aliphatic carbocycles. The van der Waals surface area contributed by atoms with Gasteiger partial charge in [0.25, 0.3) is 11.8 Å². The van der Waals surface area contributed by atoms with Gasteiger partial charge in [0.15, 0.2) is 0 Å². The van der Waals surface area contributed by atoms with Crippen LogP contribution < -0.4 is 16.2 Å². The quantitative estimate of drug-likeness (QED) is 0.410.